The maximum atomic E-state index is 13.4. The van der Waals surface area contributed by atoms with Gasteiger partial charge in [0, 0.05) is 31.5 Å². The van der Waals surface area contributed by atoms with Crippen molar-refractivity contribution in [2.24, 2.45) is 5.92 Å². The van der Waals surface area contributed by atoms with Crippen LogP contribution < -0.4 is 5.32 Å². The van der Waals surface area contributed by atoms with Crippen LogP contribution in [0.5, 0.6) is 0 Å². The smallest absolute Gasteiger partial charge is 0.257 e. The second-order valence-corrected chi connectivity index (χ2v) is 7.64. The first-order chi connectivity index (χ1) is 13.4. The Kier molecular flexibility index (Phi) is 6.54. The Bertz CT molecular complexity index is 811. The molecule has 2 aromatic rings. The Morgan fingerprint density at radius 3 is 2.68 bits per heavy atom. The number of hydrogen-bond acceptors (Lipinski definition) is 4. The quantitative estimate of drug-likeness (QED) is 0.811. The molecule has 1 aromatic heterocycles. The van der Waals surface area contributed by atoms with Gasteiger partial charge in [0.2, 0.25) is 5.95 Å². The van der Waals surface area contributed by atoms with E-state index in [-0.39, 0.29) is 11.9 Å². The third-order valence-corrected chi connectivity index (χ3v) is 4.95. The molecule has 5 nitrogen and oxygen atoms in total. The molecular formula is C21H26F2N4O. The van der Waals surface area contributed by atoms with Crippen LogP contribution in [-0.2, 0) is 6.42 Å². The molecule has 0 radical (unpaired) electrons. The molecule has 1 aliphatic rings. The maximum absolute atomic E-state index is 13.4. The molecule has 150 valence electrons. The summed E-state index contributed by atoms with van der Waals surface area (Å²) < 4.78 is 26.4. The number of carbonyl (C=O) groups is 1. The average molecular weight is 388 g/mol. The number of carbonyl (C=O) groups excluding carboxylic acids is 1. The first-order valence-corrected chi connectivity index (χ1v) is 9.74. The van der Waals surface area contributed by atoms with Gasteiger partial charge in [-0.05, 0) is 63.1 Å². The van der Waals surface area contributed by atoms with Crippen LogP contribution >= 0.6 is 0 Å². The van der Waals surface area contributed by atoms with Crippen molar-refractivity contribution in [1.29, 1.82) is 0 Å². The molecule has 0 aliphatic carbocycles. The van der Waals surface area contributed by atoms with E-state index in [1.165, 1.54) is 12.1 Å². The van der Waals surface area contributed by atoms with Crippen molar-refractivity contribution in [2.45, 2.75) is 45.6 Å². The third-order valence-electron chi connectivity index (χ3n) is 4.95. The van der Waals surface area contributed by atoms with Gasteiger partial charge in [0.25, 0.3) is 5.91 Å². The summed E-state index contributed by atoms with van der Waals surface area (Å²) in [7, 11) is 0. The van der Waals surface area contributed by atoms with E-state index in [4.69, 9.17) is 0 Å². The Balaban J connectivity index is 1.56. The van der Waals surface area contributed by atoms with Crippen molar-refractivity contribution in [3.05, 3.63) is 53.4 Å². The summed E-state index contributed by atoms with van der Waals surface area (Å²) in [6.45, 7) is 5.37. The van der Waals surface area contributed by atoms with E-state index in [1.54, 1.807) is 18.5 Å². The number of hydrogen-bond donors (Lipinski definition) is 1. The second-order valence-electron chi connectivity index (χ2n) is 7.64. The molecule has 1 saturated heterocycles. The molecule has 1 amide bonds. The molecule has 0 unspecified atom stereocenters. The third kappa shape index (κ3) is 5.24. The normalized spacial score (nSPS) is 17.0. The molecule has 1 fully saturated rings. The summed E-state index contributed by atoms with van der Waals surface area (Å²) >= 11 is 0. The number of nitrogens with one attached hydrogen (secondary N) is 1. The largest absolute Gasteiger partial charge is 0.352 e. The number of aromatic nitrogens is 2. The van der Waals surface area contributed by atoms with Gasteiger partial charge in [-0.1, -0.05) is 6.07 Å². The summed E-state index contributed by atoms with van der Waals surface area (Å²) in [6, 6.07) is 4.26. The van der Waals surface area contributed by atoms with Crippen molar-refractivity contribution in [1.82, 2.24) is 14.9 Å². The molecule has 7 heteroatoms. The van der Waals surface area contributed by atoms with Crippen LogP contribution in [0.25, 0.3) is 0 Å². The van der Waals surface area contributed by atoms with E-state index in [0.29, 0.717) is 36.9 Å². The zero-order valence-corrected chi connectivity index (χ0v) is 16.3. The minimum absolute atomic E-state index is 0.0615. The fourth-order valence-corrected chi connectivity index (χ4v) is 3.50. The highest BCUT2D eigenvalue weighted by Gasteiger charge is 2.25. The highest BCUT2D eigenvalue weighted by Crippen LogP contribution is 2.23. The van der Waals surface area contributed by atoms with E-state index < -0.39 is 11.6 Å². The lowest BCUT2D eigenvalue weighted by Crippen LogP contribution is -2.40. The number of aryl methyl sites for hydroxylation is 1. The van der Waals surface area contributed by atoms with Crippen LogP contribution in [0.3, 0.4) is 0 Å². The maximum Gasteiger partial charge on any atom is 0.257 e. The SMILES string of the molecule is CC(C)Nc1ncc(C(=O)N2CCC[C@H](CCc3ccc(F)c(F)c3)C2)cn1. The Morgan fingerprint density at radius 2 is 2.00 bits per heavy atom. The standard InChI is InChI=1S/C21H26F2N4O/c1-14(2)26-21-24-11-17(12-25-21)20(28)27-9-3-4-16(13-27)6-5-15-7-8-18(22)19(23)10-15/h7-8,10-12,14,16H,3-6,9,13H2,1-2H3,(H,24,25,26)/t16-/m1/s1. The number of rotatable bonds is 6. The van der Waals surface area contributed by atoms with E-state index in [9.17, 15) is 13.6 Å². The van der Waals surface area contributed by atoms with Gasteiger partial charge in [-0.3, -0.25) is 4.79 Å². The number of anilines is 1. The van der Waals surface area contributed by atoms with Crippen LogP contribution in [0.4, 0.5) is 14.7 Å². The molecular weight excluding hydrogens is 362 g/mol. The van der Waals surface area contributed by atoms with Gasteiger partial charge in [0.05, 0.1) is 5.56 Å². The van der Waals surface area contributed by atoms with Crippen LogP contribution in [0.2, 0.25) is 0 Å². The molecule has 1 aliphatic heterocycles. The summed E-state index contributed by atoms with van der Waals surface area (Å²) in [4.78, 5) is 23.0. The van der Waals surface area contributed by atoms with Gasteiger partial charge in [-0.25, -0.2) is 18.7 Å². The van der Waals surface area contributed by atoms with Crippen molar-refractivity contribution in [2.75, 3.05) is 18.4 Å². The minimum atomic E-state index is -0.824. The molecule has 0 saturated carbocycles. The number of likely N-dealkylation sites (tertiary alicyclic amines) is 1. The fourth-order valence-electron chi connectivity index (χ4n) is 3.50. The van der Waals surface area contributed by atoms with E-state index >= 15 is 0 Å². The molecule has 0 bridgehead atoms. The number of halogens is 2. The van der Waals surface area contributed by atoms with E-state index in [2.05, 4.69) is 15.3 Å². The minimum Gasteiger partial charge on any atom is -0.352 e. The number of amides is 1. The van der Waals surface area contributed by atoms with Crippen LogP contribution in [-0.4, -0.2) is 39.9 Å². The topological polar surface area (TPSA) is 58.1 Å². The molecule has 0 spiro atoms. The lowest BCUT2D eigenvalue weighted by atomic mass is 9.91. The fraction of sp³-hybridized carbons (Fsp3) is 0.476. The van der Waals surface area contributed by atoms with Gasteiger partial charge in [0.1, 0.15) is 0 Å². The number of piperidine rings is 1. The average Bonchev–Trinajstić information content (AvgIpc) is 2.69. The monoisotopic (exact) mass is 388 g/mol. The first kappa shape index (κ1) is 20.2. The lowest BCUT2D eigenvalue weighted by molar-refractivity contribution is 0.0667. The van der Waals surface area contributed by atoms with Crippen molar-refractivity contribution >= 4 is 11.9 Å². The Labute approximate surface area is 164 Å². The zero-order chi connectivity index (χ0) is 20.1. The number of nitrogens with zero attached hydrogens (tertiary/aromatic N) is 3. The first-order valence-electron chi connectivity index (χ1n) is 9.74. The van der Waals surface area contributed by atoms with E-state index in [0.717, 1.165) is 24.8 Å². The highest BCUT2D eigenvalue weighted by molar-refractivity contribution is 5.93. The molecule has 28 heavy (non-hydrogen) atoms. The van der Waals surface area contributed by atoms with Crippen LogP contribution in [0.1, 0.15) is 49.0 Å². The zero-order valence-electron chi connectivity index (χ0n) is 16.3. The predicted octanol–water partition coefficient (Wildman–Crippen LogP) is 4.06. The number of benzene rings is 1. The molecule has 1 aromatic carbocycles. The molecule has 3 rings (SSSR count). The predicted molar refractivity (Wildman–Crippen MR) is 104 cm³/mol. The molecule has 1 N–H and O–H groups in total. The Morgan fingerprint density at radius 1 is 1.25 bits per heavy atom. The van der Waals surface area contributed by atoms with Crippen LogP contribution in [0.15, 0.2) is 30.6 Å². The summed E-state index contributed by atoms with van der Waals surface area (Å²) in [5, 5.41) is 3.10. The highest BCUT2D eigenvalue weighted by atomic mass is 19.2. The van der Waals surface area contributed by atoms with Gasteiger partial charge in [-0.2, -0.15) is 0 Å². The van der Waals surface area contributed by atoms with Crippen molar-refractivity contribution in [3.63, 3.8) is 0 Å². The van der Waals surface area contributed by atoms with Crippen molar-refractivity contribution < 1.29 is 13.6 Å². The molecule has 2 heterocycles. The molecule has 1 atom stereocenters. The van der Waals surface area contributed by atoms with Gasteiger partial charge >= 0.3 is 0 Å². The summed E-state index contributed by atoms with van der Waals surface area (Å²) in [5.74, 6) is -0.847. The van der Waals surface area contributed by atoms with Crippen molar-refractivity contribution in [3.8, 4) is 0 Å². The van der Waals surface area contributed by atoms with Gasteiger partial charge in [-0.15, -0.1) is 0 Å². The summed E-state index contributed by atoms with van der Waals surface area (Å²) in [5.41, 5.74) is 1.26. The van der Waals surface area contributed by atoms with Gasteiger partial charge in [0.15, 0.2) is 11.6 Å². The lowest BCUT2D eigenvalue weighted by Gasteiger charge is -2.33. The second kappa shape index (κ2) is 9.08. The summed E-state index contributed by atoms with van der Waals surface area (Å²) in [6.07, 6.45) is 6.59. The van der Waals surface area contributed by atoms with Gasteiger partial charge < -0.3 is 10.2 Å². The van der Waals surface area contributed by atoms with E-state index in [1.807, 2.05) is 18.7 Å². The Hall–Kier alpha value is -2.57. The van der Waals surface area contributed by atoms with Crippen LogP contribution in [0, 0.1) is 17.6 Å².